The molecule has 0 saturated carbocycles. The Morgan fingerprint density at radius 1 is 1.38 bits per heavy atom. The lowest BCUT2D eigenvalue weighted by molar-refractivity contribution is 0.0737. The zero-order valence-electron chi connectivity index (χ0n) is 10.5. The van der Waals surface area contributed by atoms with Gasteiger partial charge in [0.1, 0.15) is 0 Å². The van der Waals surface area contributed by atoms with Crippen LogP contribution in [0.15, 0.2) is 12.2 Å². The Morgan fingerprint density at radius 3 is 2.44 bits per heavy atom. The van der Waals surface area contributed by atoms with E-state index < -0.39 is 0 Å². The molecule has 0 spiro atoms. The fraction of sp³-hybridized carbons (Fsp3) is 0.750. The minimum absolute atomic E-state index is 0.549. The molecule has 2 unspecified atom stereocenters. The number of nitrogens with zero attached hydrogens (tertiary/aromatic N) is 1. The van der Waals surface area contributed by atoms with Gasteiger partial charge in [0.25, 0.3) is 0 Å². The van der Waals surface area contributed by atoms with Crippen molar-refractivity contribution < 1.29 is 0 Å². The molecule has 4 heteroatoms. The van der Waals surface area contributed by atoms with Crippen LogP contribution in [0, 0.1) is 0 Å². The van der Waals surface area contributed by atoms with E-state index in [1.54, 1.807) is 0 Å². The average molecular weight is 241 g/mol. The predicted octanol–water partition coefficient (Wildman–Crippen LogP) is 2.20. The van der Waals surface area contributed by atoms with Gasteiger partial charge in [-0.1, -0.05) is 18.6 Å². The van der Waals surface area contributed by atoms with Gasteiger partial charge in [-0.2, -0.15) is 0 Å². The highest BCUT2D eigenvalue weighted by Crippen LogP contribution is 2.19. The first-order valence-corrected chi connectivity index (χ1v) is 6.38. The second-order valence-electron chi connectivity index (χ2n) is 4.79. The van der Waals surface area contributed by atoms with Crippen molar-refractivity contribution in [3.63, 3.8) is 0 Å². The normalized spacial score (nSPS) is 26.2. The smallest absolute Gasteiger partial charge is 0.181 e. The number of rotatable bonds is 3. The highest BCUT2D eigenvalue weighted by atomic mass is 32.1. The highest BCUT2D eigenvalue weighted by Gasteiger charge is 2.24. The first-order chi connectivity index (χ1) is 7.50. The molecule has 2 atom stereocenters. The zero-order chi connectivity index (χ0) is 12.1. The Hall–Kier alpha value is -0.610. The molecule has 0 radical (unpaired) electrons. The van der Waals surface area contributed by atoms with Gasteiger partial charge in [-0.25, -0.2) is 5.01 Å². The molecule has 1 heterocycles. The van der Waals surface area contributed by atoms with Gasteiger partial charge in [0.05, 0.1) is 0 Å². The van der Waals surface area contributed by atoms with Crippen LogP contribution < -0.4 is 10.7 Å². The maximum absolute atomic E-state index is 5.25. The summed E-state index contributed by atoms with van der Waals surface area (Å²) in [6.45, 7) is 11.0. The van der Waals surface area contributed by atoms with Gasteiger partial charge in [0.15, 0.2) is 5.11 Å². The van der Waals surface area contributed by atoms with E-state index >= 15 is 0 Å². The van der Waals surface area contributed by atoms with E-state index in [2.05, 4.69) is 36.2 Å². The van der Waals surface area contributed by atoms with Crippen molar-refractivity contribution in [1.29, 1.82) is 0 Å². The van der Waals surface area contributed by atoms with E-state index in [0.717, 1.165) is 12.1 Å². The van der Waals surface area contributed by atoms with Crippen LogP contribution in [0.4, 0.5) is 0 Å². The monoisotopic (exact) mass is 241 g/mol. The number of hydrazine groups is 1. The summed E-state index contributed by atoms with van der Waals surface area (Å²) in [4.78, 5) is 0. The maximum atomic E-state index is 5.25. The van der Waals surface area contributed by atoms with Crippen LogP contribution in [-0.2, 0) is 0 Å². The number of nitrogens with one attached hydrogen (secondary N) is 2. The van der Waals surface area contributed by atoms with Crippen LogP contribution in [0.2, 0.25) is 0 Å². The zero-order valence-corrected chi connectivity index (χ0v) is 11.4. The van der Waals surface area contributed by atoms with Crippen LogP contribution in [0.25, 0.3) is 0 Å². The summed E-state index contributed by atoms with van der Waals surface area (Å²) in [7, 11) is 0. The van der Waals surface area contributed by atoms with Crippen molar-refractivity contribution in [3.8, 4) is 0 Å². The van der Waals surface area contributed by atoms with Gasteiger partial charge in [-0.3, -0.25) is 5.43 Å². The number of thiocarbonyl (C=S) groups is 1. The molecular formula is C12H23N3S. The van der Waals surface area contributed by atoms with Gasteiger partial charge in [-0.15, -0.1) is 0 Å². The molecule has 1 saturated heterocycles. The third-order valence-electron chi connectivity index (χ3n) is 2.97. The Bertz CT molecular complexity index is 255. The molecule has 0 bridgehead atoms. The van der Waals surface area contributed by atoms with E-state index in [1.807, 2.05) is 6.92 Å². The lowest BCUT2D eigenvalue weighted by Gasteiger charge is -2.39. The Kier molecular flexibility index (Phi) is 5.22. The van der Waals surface area contributed by atoms with Crippen LogP contribution in [-0.4, -0.2) is 28.7 Å². The minimum atomic E-state index is 0.549. The SMILES string of the molecule is C=C(C)CNC(=S)NN1C(C)CCCC1C. The van der Waals surface area contributed by atoms with Gasteiger partial charge in [-0.05, 0) is 45.8 Å². The Balaban J connectivity index is 2.39. The number of piperidine rings is 1. The van der Waals surface area contributed by atoms with Gasteiger partial charge in [0, 0.05) is 18.6 Å². The van der Waals surface area contributed by atoms with Crippen molar-refractivity contribution in [3.05, 3.63) is 12.2 Å². The lowest BCUT2D eigenvalue weighted by atomic mass is 10.00. The summed E-state index contributed by atoms with van der Waals surface area (Å²) < 4.78 is 0. The van der Waals surface area contributed by atoms with Gasteiger partial charge >= 0.3 is 0 Å². The molecular weight excluding hydrogens is 218 g/mol. The molecule has 1 aliphatic rings. The fourth-order valence-corrected chi connectivity index (χ4v) is 2.21. The summed E-state index contributed by atoms with van der Waals surface area (Å²) in [6.07, 6.45) is 3.79. The summed E-state index contributed by atoms with van der Waals surface area (Å²) in [5.74, 6) is 0. The van der Waals surface area contributed by atoms with Gasteiger partial charge < -0.3 is 5.32 Å². The van der Waals surface area contributed by atoms with Crippen molar-refractivity contribution in [2.75, 3.05) is 6.54 Å². The third-order valence-corrected chi connectivity index (χ3v) is 3.21. The molecule has 1 aliphatic heterocycles. The van der Waals surface area contributed by atoms with Crippen molar-refractivity contribution in [2.24, 2.45) is 0 Å². The van der Waals surface area contributed by atoms with Crippen molar-refractivity contribution >= 4 is 17.3 Å². The molecule has 16 heavy (non-hydrogen) atoms. The summed E-state index contributed by atoms with van der Waals surface area (Å²) in [5.41, 5.74) is 4.37. The molecule has 0 amide bonds. The van der Waals surface area contributed by atoms with E-state index in [0.29, 0.717) is 17.2 Å². The topological polar surface area (TPSA) is 27.3 Å². The first kappa shape index (κ1) is 13.5. The second kappa shape index (κ2) is 6.21. The average Bonchev–Trinajstić information content (AvgIpc) is 2.21. The molecule has 0 aliphatic carbocycles. The van der Waals surface area contributed by atoms with Crippen LogP contribution in [0.3, 0.4) is 0 Å². The van der Waals surface area contributed by atoms with Crippen LogP contribution >= 0.6 is 12.2 Å². The molecule has 2 N–H and O–H groups in total. The molecule has 1 fully saturated rings. The van der Waals surface area contributed by atoms with Crippen LogP contribution in [0.5, 0.6) is 0 Å². The van der Waals surface area contributed by atoms with E-state index in [4.69, 9.17) is 12.2 Å². The third kappa shape index (κ3) is 4.10. The molecule has 0 aromatic rings. The molecule has 0 aromatic carbocycles. The first-order valence-electron chi connectivity index (χ1n) is 5.98. The van der Waals surface area contributed by atoms with E-state index in [9.17, 15) is 0 Å². The lowest BCUT2D eigenvalue weighted by Crippen LogP contribution is -2.56. The molecule has 0 aromatic heterocycles. The van der Waals surface area contributed by atoms with E-state index in [1.165, 1.54) is 19.3 Å². The minimum Gasteiger partial charge on any atom is -0.358 e. The standard InChI is InChI=1S/C12H23N3S/c1-9(2)8-13-12(16)14-15-10(3)6-5-7-11(15)4/h10-11H,1,5-8H2,2-4H3,(H2,13,14,16). The molecule has 92 valence electrons. The quantitative estimate of drug-likeness (QED) is 0.585. The van der Waals surface area contributed by atoms with Crippen LogP contribution in [0.1, 0.15) is 40.0 Å². The summed E-state index contributed by atoms with van der Waals surface area (Å²) in [5, 5.41) is 6.11. The summed E-state index contributed by atoms with van der Waals surface area (Å²) >= 11 is 5.25. The van der Waals surface area contributed by atoms with Crippen molar-refractivity contribution in [2.45, 2.75) is 52.1 Å². The Labute approximate surface area is 104 Å². The van der Waals surface area contributed by atoms with E-state index in [-0.39, 0.29) is 0 Å². The fourth-order valence-electron chi connectivity index (χ4n) is 2.03. The van der Waals surface area contributed by atoms with Gasteiger partial charge in [0.2, 0.25) is 0 Å². The summed E-state index contributed by atoms with van der Waals surface area (Å²) in [6, 6.07) is 1.10. The number of hydrogen-bond donors (Lipinski definition) is 2. The maximum Gasteiger partial charge on any atom is 0.181 e. The Morgan fingerprint density at radius 2 is 1.94 bits per heavy atom. The highest BCUT2D eigenvalue weighted by molar-refractivity contribution is 7.80. The van der Waals surface area contributed by atoms with Crippen molar-refractivity contribution in [1.82, 2.24) is 15.8 Å². The predicted molar refractivity (Wildman–Crippen MR) is 73.2 cm³/mol. The molecule has 1 rings (SSSR count). The largest absolute Gasteiger partial charge is 0.358 e. The number of hydrogen-bond acceptors (Lipinski definition) is 2. The second-order valence-corrected chi connectivity index (χ2v) is 5.20. The molecule has 3 nitrogen and oxygen atoms in total.